The summed E-state index contributed by atoms with van der Waals surface area (Å²) in [7, 11) is -1.42. The lowest BCUT2D eigenvalue weighted by molar-refractivity contribution is 0.687. The Morgan fingerprint density at radius 1 is 1.06 bits per heavy atom. The Morgan fingerprint density at radius 2 is 1.82 bits per heavy atom. The van der Waals surface area contributed by atoms with Crippen molar-refractivity contribution in [3.05, 3.63) is 81.6 Å². The number of nitroso groups, excluding NO2 is 1. The highest BCUT2D eigenvalue weighted by molar-refractivity contribution is 7.88. The van der Waals surface area contributed by atoms with Gasteiger partial charge >= 0.3 is 0 Å². The van der Waals surface area contributed by atoms with Crippen molar-refractivity contribution in [3.63, 3.8) is 0 Å². The molecule has 3 aromatic carbocycles. The molecule has 34 heavy (non-hydrogen) atoms. The molecule has 5 rings (SSSR count). The smallest absolute Gasteiger partial charge is 0.160 e. The molecule has 0 bridgehead atoms. The predicted molar refractivity (Wildman–Crippen MR) is 147 cm³/mol. The van der Waals surface area contributed by atoms with Crippen LogP contribution < -0.4 is 10.5 Å². The third-order valence-electron chi connectivity index (χ3n) is 5.73. The first-order valence-corrected chi connectivity index (χ1v) is 13.3. The van der Waals surface area contributed by atoms with Crippen molar-refractivity contribution >= 4 is 56.2 Å². The van der Waals surface area contributed by atoms with Crippen molar-refractivity contribution in [2.24, 2.45) is 5.18 Å². The average molecular weight is 490 g/mol. The first-order chi connectivity index (χ1) is 16.6. The van der Waals surface area contributed by atoms with Crippen molar-refractivity contribution in [1.29, 1.82) is 0 Å². The molecule has 1 aromatic heterocycles. The van der Waals surface area contributed by atoms with Gasteiger partial charge in [-0.2, -0.15) is 0 Å². The van der Waals surface area contributed by atoms with Crippen molar-refractivity contribution < 1.29 is 4.21 Å². The lowest BCUT2D eigenvalue weighted by Gasteiger charge is -2.20. The number of nitrogen functional groups attached to an aromatic ring is 1. The summed E-state index contributed by atoms with van der Waals surface area (Å²) in [6, 6.07) is 17.2. The Balaban J connectivity index is 0.00000133. The number of aryl methyl sites for hydroxylation is 2. The maximum absolute atomic E-state index is 13.1. The fourth-order valence-electron chi connectivity index (χ4n) is 4.21. The van der Waals surface area contributed by atoms with Crippen LogP contribution in [0.5, 0.6) is 0 Å². The van der Waals surface area contributed by atoms with Gasteiger partial charge in [0.15, 0.2) is 11.0 Å². The largest absolute Gasteiger partial charge is 0.398 e. The van der Waals surface area contributed by atoms with Gasteiger partial charge < -0.3 is 5.73 Å². The van der Waals surface area contributed by atoms with Crippen LogP contribution in [0.2, 0.25) is 0 Å². The summed E-state index contributed by atoms with van der Waals surface area (Å²) in [5.41, 5.74) is 11.8. The van der Waals surface area contributed by atoms with Gasteiger partial charge in [-0.1, -0.05) is 56.3 Å². The SMILES string of the molecule is CC.Cc1ccc(S(=O)Nc2cc(-c3c(N=O)ccc4c3C=CCC4)c(N)c3ccccc23)s1. The van der Waals surface area contributed by atoms with E-state index in [1.54, 1.807) is 6.07 Å². The number of allylic oxidation sites excluding steroid dienone is 1. The van der Waals surface area contributed by atoms with Gasteiger partial charge in [0.25, 0.3) is 0 Å². The Bertz CT molecular complexity index is 1420. The summed E-state index contributed by atoms with van der Waals surface area (Å²) >= 11 is 1.50. The Labute approximate surface area is 206 Å². The van der Waals surface area contributed by atoms with E-state index in [9.17, 15) is 9.12 Å². The molecule has 3 N–H and O–H groups in total. The van der Waals surface area contributed by atoms with E-state index in [1.807, 2.05) is 75.4 Å². The molecule has 174 valence electrons. The van der Waals surface area contributed by atoms with E-state index in [-0.39, 0.29) is 0 Å². The van der Waals surface area contributed by atoms with Crippen LogP contribution in [0.3, 0.4) is 0 Å². The van der Waals surface area contributed by atoms with Crippen LogP contribution in [0.15, 0.2) is 70.1 Å². The molecule has 0 fully saturated rings. The molecule has 0 radical (unpaired) electrons. The number of benzene rings is 3. The molecule has 5 nitrogen and oxygen atoms in total. The van der Waals surface area contributed by atoms with Crippen LogP contribution in [-0.2, 0) is 17.4 Å². The molecule has 7 heteroatoms. The lowest BCUT2D eigenvalue weighted by Crippen LogP contribution is -2.06. The summed E-state index contributed by atoms with van der Waals surface area (Å²) in [6.07, 6.45) is 6.00. The molecule has 0 saturated heterocycles. The molecule has 1 unspecified atom stereocenters. The monoisotopic (exact) mass is 489 g/mol. The number of rotatable bonds is 5. The predicted octanol–water partition coefficient (Wildman–Crippen LogP) is 7.98. The molecule has 0 spiro atoms. The number of nitrogens with one attached hydrogen (secondary N) is 1. The zero-order chi connectivity index (χ0) is 24.2. The van der Waals surface area contributed by atoms with Gasteiger partial charge in [0, 0.05) is 32.5 Å². The number of thiophene rings is 1. The van der Waals surface area contributed by atoms with Gasteiger partial charge in [-0.15, -0.1) is 16.2 Å². The van der Waals surface area contributed by atoms with E-state index in [1.165, 1.54) is 11.3 Å². The zero-order valence-corrected chi connectivity index (χ0v) is 21.1. The molecule has 1 atom stereocenters. The molecule has 0 aliphatic heterocycles. The number of anilines is 2. The van der Waals surface area contributed by atoms with Gasteiger partial charge in [0.05, 0.1) is 5.69 Å². The molecule has 4 aromatic rings. The van der Waals surface area contributed by atoms with Crippen LogP contribution in [0, 0.1) is 11.8 Å². The number of hydrogen-bond donors (Lipinski definition) is 2. The highest BCUT2D eigenvalue weighted by Gasteiger charge is 2.21. The van der Waals surface area contributed by atoms with Crippen molar-refractivity contribution in [2.75, 3.05) is 10.5 Å². The zero-order valence-electron chi connectivity index (χ0n) is 19.4. The normalized spacial score (nSPS) is 13.0. The van der Waals surface area contributed by atoms with Crippen LogP contribution in [0.4, 0.5) is 17.1 Å². The maximum Gasteiger partial charge on any atom is 0.160 e. The minimum absolute atomic E-state index is 0.346. The summed E-state index contributed by atoms with van der Waals surface area (Å²) in [5.74, 6) is 0. The molecular formula is C27H27N3O2S2. The summed E-state index contributed by atoms with van der Waals surface area (Å²) in [6.45, 7) is 5.99. The van der Waals surface area contributed by atoms with Crippen molar-refractivity contribution in [2.45, 2.75) is 37.8 Å². The maximum atomic E-state index is 13.1. The van der Waals surface area contributed by atoms with E-state index in [2.05, 4.69) is 16.0 Å². The lowest BCUT2D eigenvalue weighted by atomic mass is 9.87. The van der Waals surface area contributed by atoms with Gasteiger partial charge in [-0.05, 0) is 60.3 Å². The fraction of sp³-hybridized carbons (Fsp3) is 0.185. The topological polar surface area (TPSA) is 84.5 Å². The third kappa shape index (κ3) is 4.41. The van der Waals surface area contributed by atoms with Gasteiger partial charge in [-0.3, -0.25) is 4.72 Å². The summed E-state index contributed by atoms with van der Waals surface area (Å²) < 4.78 is 17.0. The van der Waals surface area contributed by atoms with Crippen LogP contribution in [0.25, 0.3) is 28.0 Å². The molecule has 0 amide bonds. The van der Waals surface area contributed by atoms with Crippen LogP contribution >= 0.6 is 11.3 Å². The second-order valence-electron chi connectivity index (χ2n) is 7.73. The van der Waals surface area contributed by atoms with E-state index in [0.29, 0.717) is 22.6 Å². The van der Waals surface area contributed by atoms with E-state index in [4.69, 9.17) is 5.73 Å². The fourth-order valence-corrected chi connectivity index (χ4v) is 6.28. The quantitative estimate of drug-likeness (QED) is 0.220. The second-order valence-corrected chi connectivity index (χ2v) is 10.5. The number of nitrogens with two attached hydrogens (primary N) is 1. The minimum atomic E-state index is -1.42. The van der Waals surface area contributed by atoms with E-state index < -0.39 is 11.0 Å². The standard InChI is InChI=1S/C25H21N3O2S2.C2H6/c1-15-10-13-23(31-15)32(30)28-22-14-20(25(26)19-9-5-4-8-18(19)22)24-17-7-3-2-6-16(17)11-12-21(24)27-29;1-2/h3-5,7-14,28H,2,6,26H2,1H3;1-2H3. The van der Waals surface area contributed by atoms with Crippen molar-refractivity contribution in [1.82, 2.24) is 0 Å². The van der Waals surface area contributed by atoms with Gasteiger partial charge in [-0.25, -0.2) is 4.21 Å². The number of nitrogens with zero attached hydrogens (tertiary/aromatic N) is 1. The molecule has 1 aliphatic rings. The van der Waals surface area contributed by atoms with E-state index in [0.717, 1.165) is 49.4 Å². The third-order valence-corrected chi connectivity index (χ3v) is 8.14. The molecule has 0 saturated carbocycles. The average Bonchev–Trinajstić information content (AvgIpc) is 3.33. The van der Waals surface area contributed by atoms with Crippen LogP contribution in [0.1, 0.15) is 36.3 Å². The molecular weight excluding hydrogens is 462 g/mol. The highest BCUT2D eigenvalue weighted by atomic mass is 32.2. The Kier molecular flexibility index (Phi) is 7.24. The van der Waals surface area contributed by atoms with Gasteiger partial charge in [0.1, 0.15) is 9.90 Å². The first kappa shape index (κ1) is 23.9. The Morgan fingerprint density at radius 3 is 2.53 bits per heavy atom. The second kappa shape index (κ2) is 10.3. The highest BCUT2D eigenvalue weighted by Crippen LogP contribution is 2.45. The minimum Gasteiger partial charge on any atom is -0.398 e. The molecule has 1 heterocycles. The summed E-state index contributed by atoms with van der Waals surface area (Å²) in [5, 5.41) is 5.00. The van der Waals surface area contributed by atoms with Gasteiger partial charge in [0.2, 0.25) is 0 Å². The van der Waals surface area contributed by atoms with Crippen molar-refractivity contribution in [3.8, 4) is 11.1 Å². The number of fused-ring (bicyclic) bond motifs is 2. The van der Waals surface area contributed by atoms with E-state index >= 15 is 0 Å². The summed E-state index contributed by atoms with van der Waals surface area (Å²) in [4.78, 5) is 12.8. The van der Waals surface area contributed by atoms with Crippen LogP contribution in [-0.4, -0.2) is 4.21 Å². The Hall–Kier alpha value is -3.29. The number of hydrogen-bond acceptors (Lipinski definition) is 5. The first-order valence-electron chi connectivity index (χ1n) is 11.3. The molecule has 1 aliphatic carbocycles.